The highest BCUT2D eigenvalue weighted by atomic mass is 16.7. The maximum atomic E-state index is 8.54. The summed E-state index contributed by atoms with van der Waals surface area (Å²) in [7, 11) is -1.12. The Balaban J connectivity index is 2.21. The molecular formula is C15H20BN3O2. The zero-order valence-corrected chi connectivity index (χ0v) is 12.2. The summed E-state index contributed by atoms with van der Waals surface area (Å²) < 4.78 is 75.6. The van der Waals surface area contributed by atoms with Gasteiger partial charge in [0.15, 0.2) is 0 Å². The maximum absolute atomic E-state index is 8.54. The van der Waals surface area contributed by atoms with Crippen LogP contribution < -0.4 is 5.46 Å². The molecule has 1 aliphatic rings. The second kappa shape index (κ2) is 4.68. The average Bonchev–Trinajstić information content (AvgIpc) is 2.90. The number of aromatic nitrogens is 3. The molecule has 0 aromatic carbocycles. The van der Waals surface area contributed by atoms with Crippen LogP contribution in [0.1, 0.15) is 44.2 Å². The molecule has 21 heavy (non-hydrogen) atoms. The first-order valence-electron chi connectivity index (χ1n) is 10.5. The summed E-state index contributed by atoms with van der Waals surface area (Å²) in [5.41, 5.74) is -2.47. The molecule has 1 fully saturated rings. The molecule has 110 valence electrons. The quantitative estimate of drug-likeness (QED) is 0.793. The van der Waals surface area contributed by atoms with E-state index in [1.54, 1.807) is 27.7 Å². The highest BCUT2D eigenvalue weighted by Gasteiger charge is 2.51. The molecule has 6 heteroatoms. The van der Waals surface area contributed by atoms with Gasteiger partial charge in [-0.2, -0.15) is 5.10 Å². The third-order valence-electron chi connectivity index (χ3n) is 3.77. The van der Waals surface area contributed by atoms with Gasteiger partial charge in [-0.15, -0.1) is 0 Å². The van der Waals surface area contributed by atoms with Gasteiger partial charge in [0.2, 0.25) is 0 Å². The van der Waals surface area contributed by atoms with E-state index >= 15 is 0 Å². The Morgan fingerprint density at radius 2 is 1.90 bits per heavy atom. The number of hydrogen-bond acceptors (Lipinski definition) is 4. The fourth-order valence-electron chi connectivity index (χ4n) is 1.86. The van der Waals surface area contributed by atoms with Crippen LogP contribution in [0.2, 0.25) is 0 Å². The van der Waals surface area contributed by atoms with E-state index < -0.39 is 61.5 Å². The lowest BCUT2D eigenvalue weighted by molar-refractivity contribution is 0.00578. The first-order valence-corrected chi connectivity index (χ1v) is 6.49. The van der Waals surface area contributed by atoms with E-state index in [4.69, 9.17) is 20.3 Å². The SMILES string of the molecule is [2H]c1nc([2H])c(-n2nc([2H])c(C([2H])([2H])[2H])c2[2H])c([2H])c1B1OC(C)(C)C(C)(C)O1. The standard InChI is InChI=1S/C15H20BN3O2/c1-11-7-18-19(10-11)13-6-12(8-17-9-13)16-20-14(2,3)15(4,5)21-16/h6-10H,1-5H3/i1D3,6D,7D,8D,9D,10D. The number of hydrogen-bond donors (Lipinski definition) is 0. The molecular weight excluding hydrogens is 265 g/mol. The smallest absolute Gasteiger partial charge is 0.399 e. The molecule has 0 unspecified atom stereocenters. The van der Waals surface area contributed by atoms with Gasteiger partial charge < -0.3 is 9.31 Å². The molecule has 0 bridgehead atoms. The summed E-state index contributed by atoms with van der Waals surface area (Å²) in [5.74, 6) is 0. The topological polar surface area (TPSA) is 49.2 Å². The maximum Gasteiger partial charge on any atom is 0.496 e. The normalized spacial score (nSPS) is 26.0. The summed E-state index contributed by atoms with van der Waals surface area (Å²) in [5, 5.41) is 3.74. The van der Waals surface area contributed by atoms with Crippen molar-refractivity contribution in [3.63, 3.8) is 0 Å². The Hall–Kier alpha value is -1.66. The van der Waals surface area contributed by atoms with Crippen LogP contribution in [0.4, 0.5) is 0 Å². The molecule has 3 heterocycles. The average molecular weight is 293 g/mol. The van der Waals surface area contributed by atoms with Crippen LogP contribution in [0.25, 0.3) is 5.69 Å². The molecule has 0 spiro atoms. The molecule has 1 saturated heterocycles. The Kier molecular flexibility index (Phi) is 1.68. The van der Waals surface area contributed by atoms with Gasteiger partial charge in [0.25, 0.3) is 0 Å². The molecule has 0 amide bonds. The van der Waals surface area contributed by atoms with Gasteiger partial charge in [-0.1, -0.05) is 0 Å². The van der Waals surface area contributed by atoms with Crippen molar-refractivity contribution in [3.8, 4) is 5.69 Å². The van der Waals surface area contributed by atoms with Gasteiger partial charge in [-0.25, -0.2) is 4.68 Å². The third-order valence-corrected chi connectivity index (χ3v) is 3.77. The number of rotatable bonds is 2. The predicted molar refractivity (Wildman–Crippen MR) is 81.8 cm³/mol. The summed E-state index contributed by atoms with van der Waals surface area (Å²) in [6.07, 6.45) is -2.24. The first kappa shape index (κ1) is 7.56. The Bertz CT molecular complexity index is 973. The van der Waals surface area contributed by atoms with E-state index in [-0.39, 0.29) is 11.2 Å². The van der Waals surface area contributed by atoms with E-state index in [9.17, 15) is 0 Å². The van der Waals surface area contributed by atoms with Crippen molar-refractivity contribution in [2.45, 2.75) is 45.7 Å². The van der Waals surface area contributed by atoms with E-state index in [0.717, 1.165) is 4.68 Å². The second-order valence-corrected chi connectivity index (χ2v) is 5.82. The van der Waals surface area contributed by atoms with Gasteiger partial charge in [0, 0.05) is 21.9 Å². The molecule has 0 radical (unpaired) electrons. The van der Waals surface area contributed by atoms with Crippen molar-refractivity contribution in [3.05, 3.63) is 36.3 Å². The minimum Gasteiger partial charge on any atom is -0.399 e. The minimum absolute atomic E-state index is 0.0634. The molecule has 5 nitrogen and oxygen atoms in total. The third kappa shape index (κ3) is 2.49. The van der Waals surface area contributed by atoms with Crippen molar-refractivity contribution < 1.29 is 20.3 Å². The number of nitrogens with zero attached hydrogens (tertiary/aromatic N) is 3. The highest BCUT2D eigenvalue weighted by Crippen LogP contribution is 2.36. The molecule has 0 atom stereocenters. The monoisotopic (exact) mass is 293 g/mol. The first-order chi connectivity index (χ1) is 13.1. The van der Waals surface area contributed by atoms with E-state index in [1.807, 2.05) is 0 Å². The summed E-state index contributed by atoms with van der Waals surface area (Å²) in [6.45, 7) is 4.46. The van der Waals surface area contributed by atoms with Crippen LogP contribution in [0, 0.1) is 6.85 Å². The van der Waals surface area contributed by atoms with Crippen LogP contribution in [0.15, 0.2) is 30.7 Å². The van der Waals surface area contributed by atoms with E-state index in [2.05, 4.69) is 10.1 Å². The zero-order chi connectivity index (χ0) is 22.1. The predicted octanol–water partition coefficient (Wildman–Crippen LogP) is 1.87. The van der Waals surface area contributed by atoms with E-state index in [1.165, 1.54) is 0 Å². The largest absolute Gasteiger partial charge is 0.496 e. The lowest BCUT2D eigenvalue weighted by atomic mass is 9.80. The molecule has 0 N–H and O–H groups in total. The fourth-order valence-corrected chi connectivity index (χ4v) is 1.86. The summed E-state index contributed by atoms with van der Waals surface area (Å²) in [6, 6.07) is -0.401. The van der Waals surface area contributed by atoms with Crippen LogP contribution in [0.5, 0.6) is 0 Å². The summed E-state index contributed by atoms with van der Waals surface area (Å²) >= 11 is 0. The van der Waals surface area contributed by atoms with Crippen molar-refractivity contribution in [1.82, 2.24) is 14.8 Å². The Labute approximate surface area is 136 Å². The molecule has 2 aromatic heterocycles. The van der Waals surface area contributed by atoms with Gasteiger partial charge in [0.1, 0.15) is 0 Å². The molecule has 2 aromatic rings. The van der Waals surface area contributed by atoms with Crippen LogP contribution >= 0.6 is 0 Å². The minimum atomic E-state index is -2.76. The van der Waals surface area contributed by atoms with Crippen LogP contribution in [-0.4, -0.2) is 33.1 Å². The van der Waals surface area contributed by atoms with Gasteiger partial charge >= 0.3 is 7.12 Å². The molecule has 3 rings (SSSR count). The van der Waals surface area contributed by atoms with Gasteiger partial charge in [0.05, 0.1) is 36.1 Å². The fraction of sp³-hybridized carbons (Fsp3) is 0.467. The Morgan fingerprint density at radius 1 is 1.19 bits per heavy atom. The van der Waals surface area contributed by atoms with Crippen molar-refractivity contribution in [2.75, 3.05) is 0 Å². The summed E-state index contributed by atoms with van der Waals surface area (Å²) in [4.78, 5) is 3.80. The Morgan fingerprint density at radius 3 is 2.52 bits per heavy atom. The van der Waals surface area contributed by atoms with Gasteiger partial charge in [-0.3, -0.25) is 4.98 Å². The zero-order valence-electron chi connectivity index (χ0n) is 20.2. The van der Waals surface area contributed by atoms with Crippen LogP contribution in [0.3, 0.4) is 0 Å². The second-order valence-electron chi connectivity index (χ2n) is 5.82. The van der Waals surface area contributed by atoms with Crippen molar-refractivity contribution in [2.24, 2.45) is 0 Å². The van der Waals surface area contributed by atoms with Crippen molar-refractivity contribution in [1.29, 1.82) is 0 Å². The van der Waals surface area contributed by atoms with Gasteiger partial charge in [-0.05, 0) is 46.2 Å². The molecule has 0 saturated carbocycles. The molecule has 0 aliphatic carbocycles. The van der Waals surface area contributed by atoms with Crippen LogP contribution in [-0.2, 0) is 9.31 Å². The lowest BCUT2D eigenvalue weighted by Gasteiger charge is -2.32. The number of pyridine rings is 1. The van der Waals surface area contributed by atoms with E-state index in [0.29, 0.717) is 0 Å². The molecule has 1 aliphatic heterocycles. The van der Waals surface area contributed by atoms with Crippen molar-refractivity contribution >= 4 is 12.6 Å². The lowest BCUT2D eigenvalue weighted by Crippen LogP contribution is -2.41. The highest BCUT2D eigenvalue weighted by molar-refractivity contribution is 6.62.